The second-order valence-electron chi connectivity index (χ2n) is 7.63. The number of halogens is 1. The molecule has 0 saturated carbocycles. The van der Waals surface area contributed by atoms with Crippen LogP contribution in [0.25, 0.3) is 0 Å². The zero-order valence-electron chi connectivity index (χ0n) is 17.0. The highest BCUT2D eigenvalue weighted by Crippen LogP contribution is 2.26. The summed E-state index contributed by atoms with van der Waals surface area (Å²) in [7, 11) is 0. The number of hydrogen-bond donors (Lipinski definition) is 4. The first-order valence-corrected chi connectivity index (χ1v) is 10.4. The highest BCUT2D eigenvalue weighted by Gasteiger charge is 2.40. The van der Waals surface area contributed by atoms with E-state index in [9.17, 15) is 9.90 Å². The fourth-order valence-corrected chi connectivity index (χ4v) is 3.45. The molecule has 0 aromatic carbocycles. The van der Waals surface area contributed by atoms with Gasteiger partial charge < -0.3 is 22.3 Å². The molecule has 0 fully saturated rings. The van der Waals surface area contributed by atoms with Gasteiger partial charge in [-0.1, -0.05) is 90.9 Å². The van der Waals surface area contributed by atoms with Crippen LogP contribution in [0.2, 0.25) is 0 Å². The Morgan fingerprint density at radius 3 is 1.50 bits per heavy atom. The molecule has 0 radical (unpaired) electrons. The Balaban J connectivity index is 0. The molecule has 1 unspecified atom stereocenters. The van der Waals surface area contributed by atoms with E-state index in [4.69, 9.17) is 17.2 Å². The molecule has 0 aromatic heterocycles. The molecule has 0 heterocycles. The smallest absolute Gasteiger partial charge is 0.323 e. The normalized spacial score (nSPS) is 12.8. The highest BCUT2D eigenvalue weighted by atomic mass is 35.5. The van der Waals surface area contributed by atoms with Gasteiger partial charge in [0, 0.05) is 0 Å². The van der Waals surface area contributed by atoms with Crippen molar-refractivity contribution >= 4 is 18.4 Å². The predicted molar refractivity (Wildman–Crippen MR) is 113 cm³/mol. The summed E-state index contributed by atoms with van der Waals surface area (Å²) in [5, 5.41) is 9.22. The first kappa shape index (κ1) is 27.9. The van der Waals surface area contributed by atoms with Crippen molar-refractivity contribution in [3.05, 3.63) is 0 Å². The molecule has 0 rings (SSSR count). The fraction of sp³-hybridized carbons (Fsp3) is 0.950. The molecule has 0 aliphatic carbocycles. The molecule has 158 valence electrons. The third kappa shape index (κ3) is 12.1. The number of rotatable bonds is 17. The van der Waals surface area contributed by atoms with Crippen LogP contribution in [0, 0.1) is 5.92 Å². The number of carboxylic acids is 1. The van der Waals surface area contributed by atoms with Gasteiger partial charge in [-0.15, -0.1) is 12.4 Å². The SMILES string of the molecule is CCCCCCCCC(CCCCCCCC)C(N)(N)C(N)C(=O)O.Cl. The van der Waals surface area contributed by atoms with Crippen molar-refractivity contribution in [1.82, 2.24) is 0 Å². The van der Waals surface area contributed by atoms with E-state index >= 15 is 0 Å². The van der Waals surface area contributed by atoms with Crippen LogP contribution < -0.4 is 17.2 Å². The van der Waals surface area contributed by atoms with E-state index in [2.05, 4.69) is 13.8 Å². The summed E-state index contributed by atoms with van der Waals surface area (Å²) < 4.78 is 0. The minimum atomic E-state index is -1.33. The van der Waals surface area contributed by atoms with E-state index in [0.717, 1.165) is 38.5 Å². The number of nitrogens with two attached hydrogens (primary N) is 3. The minimum absolute atomic E-state index is 0. The van der Waals surface area contributed by atoms with Crippen molar-refractivity contribution in [2.45, 2.75) is 115 Å². The van der Waals surface area contributed by atoms with Crippen LogP contribution in [0.3, 0.4) is 0 Å². The van der Waals surface area contributed by atoms with Crippen molar-refractivity contribution in [2.24, 2.45) is 23.1 Å². The Hall–Kier alpha value is -0.360. The molecule has 0 saturated heterocycles. The van der Waals surface area contributed by atoms with Gasteiger partial charge in [-0.3, -0.25) is 4.79 Å². The van der Waals surface area contributed by atoms with Gasteiger partial charge in [0.2, 0.25) is 0 Å². The Morgan fingerprint density at radius 1 is 0.808 bits per heavy atom. The van der Waals surface area contributed by atoms with Gasteiger partial charge in [0.05, 0.1) is 5.66 Å². The number of carboxylic acid groups (broad SMARTS) is 1. The Labute approximate surface area is 167 Å². The zero-order chi connectivity index (χ0) is 19.1. The van der Waals surface area contributed by atoms with Crippen molar-refractivity contribution in [3.8, 4) is 0 Å². The van der Waals surface area contributed by atoms with E-state index in [1.54, 1.807) is 0 Å². The zero-order valence-corrected chi connectivity index (χ0v) is 17.9. The second-order valence-corrected chi connectivity index (χ2v) is 7.63. The Kier molecular flexibility index (Phi) is 18.0. The Morgan fingerprint density at radius 2 is 1.15 bits per heavy atom. The van der Waals surface area contributed by atoms with Gasteiger partial charge in [-0.05, 0) is 18.8 Å². The molecular weight excluding hydrogens is 350 g/mol. The number of aliphatic carboxylic acids is 1. The van der Waals surface area contributed by atoms with E-state index in [-0.39, 0.29) is 18.3 Å². The lowest BCUT2D eigenvalue weighted by atomic mass is 9.80. The van der Waals surface area contributed by atoms with Crippen molar-refractivity contribution in [1.29, 1.82) is 0 Å². The molecule has 26 heavy (non-hydrogen) atoms. The summed E-state index contributed by atoms with van der Waals surface area (Å²) in [6.07, 6.45) is 16.2. The summed E-state index contributed by atoms with van der Waals surface area (Å²) >= 11 is 0. The lowest BCUT2D eigenvalue weighted by Crippen LogP contribution is -2.69. The fourth-order valence-electron chi connectivity index (χ4n) is 3.45. The van der Waals surface area contributed by atoms with E-state index in [1.807, 2.05) is 0 Å². The maximum atomic E-state index is 11.3. The largest absolute Gasteiger partial charge is 0.480 e. The minimum Gasteiger partial charge on any atom is -0.480 e. The first-order chi connectivity index (χ1) is 11.9. The molecule has 0 aliphatic heterocycles. The number of unbranched alkanes of at least 4 members (excludes halogenated alkanes) is 10. The summed E-state index contributed by atoms with van der Waals surface area (Å²) in [5.41, 5.74) is 16.9. The summed E-state index contributed by atoms with van der Waals surface area (Å²) in [6, 6.07) is -1.21. The van der Waals surface area contributed by atoms with Gasteiger partial charge in [0.1, 0.15) is 6.04 Å². The number of hydrogen-bond acceptors (Lipinski definition) is 4. The maximum Gasteiger partial charge on any atom is 0.323 e. The van der Waals surface area contributed by atoms with Crippen LogP contribution in [0.4, 0.5) is 0 Å². The molecule has 0 aromatic rings. The van der Waals surface area contributed by atoms with Crippen LogP contribution in [0.5, 0.6) is 0 Å². The van der Waals surface area contributed by atoms with Gasteiger partial charge >= 0.3 is 5.97 Å². The van der Waals surface area contributed by atoms with E-state index < -0.39 is 17.7 Å². The first-order valence-electron chi connectivity index (χ1n) is 10.4. The lowest BCUT2D eigenvalue weighted by Gasteiger charge is -2.37. The Bertz CT molecular complexity index is 325. The molecule has 1 atom stereocenters. The molecule has 6 heteroatoms. The molecule has 7 N–H and O–H groups in total. The molecule has 0 amide bonds. The monoisotopic (exact) mass is 393 g/mol. The molecule has 0 aliphatic rings. The van der Waals surface area contributed by atoms with Crippen LogP contribution >= 0.6 is 12.4 Å². The average Bonchev–Trinajstić information content (AvgIpc) is 2.57. The van der Waals surface area contributed by atoms with E-state index in [0.29, 0.717) is 0 Å². The van der Waals surface area contributed by atoms with Gasteiger partial charge in [-0.2, -0.15) is 0 Å². The topological polar surface area (TPSA) is 115 Å². The van der Waals surface area contributed by atoms with Gasteiger partial charge in [0.25, 0.3) is 0 Å². The molecule has 5 nitrogen and oxygen atoms in total. The number of carbonyl (C=O) groups is 1. The van der Waals surface area contributed by atoms with Crippen molar-refractivity contribution in [2.75, 3.05) is 0 Å². The van der Waals surface area contributed by atoms with Crippen LogP contribution in [0.15, 0.2) is 0 Å². The van der Waals surface area contributed by atoms with Crippen molar-refractivity contribution in [3.63, 3.8) is 0 Å². The van der Waals surface area contributed by atoms with Crippen LogP contribution in [-0.4, -0.2) is 22.8 Å². The summed E-state index contributed by atoms with van der Waals surface area (Å²) in [4.78, 5) is 11.3. The second kappa shape index (κ2) is 16.8. The van der Waals surface area contributed by atoms with Crippen LogP contribution in [-0.2, 0) is 4.79 Å². The van der Waals surface area contributed by atoms with Crippen LogP contribution in [0.1, 0.15) is 104 Å². The summed E-state index contributed by atoms with van der Waals surface area (Å²) in [6.45, 7) is 4.42. The standard InChI is InChI=1S/C20H43N3O2.ClH/c1-3-5-7-9-11-13-15-17(16-14-12-10-8-6-4-2)20(22,23)18(21)19(24)25;/h17-18H,3-16,21-23H2,1-2H3,(H,24,25);1H. The highest BCUT2D eigenvalue weighted by molar-refractivity contribution is 5.85. The van der Waals surface area contributed by atoms with E-state index in [1.165, 1.54) is 51.4 Å². The average molecular weight is 394 g/mol. The third-order valence-electron chi connectivity index (χ3n) is 5.32. The predicted octanol–water partition coefficient (Wildman–Crippen LogP) is 4.55. The molecule has 0 bridgehead atoms. The molecule has 0 spiro atoms. The molecular formula is C20H44ClN3O2. The van der Waals surface area contributed by atoms with Gasteiger partial charge in [-0.25, -0.2) is 0 Å². The van der Waals surface area contributed by atoms with Gasteiger partial charge in [0.15, 0.2) is 0 Å². The summed E-state index contributed by atoms with van der Waals surface area (Å²) in [5.74, 6) is -1.14. The third-order valence-corrected chi connectivity index (χ3v) is 5.32. The van der Waals surface area contributed by atoms with Crippen molar-refractivity contribution < 1.29 is 9.90 Å². The maximum absolute atomic E-state index is 11.3. The quantitative estimate of drug-likeness (QED) is 0.213. The lowest BCUT2D eigenvalue weighted by molar-refractivity contribution is -0.141.